The molecule has 1 aliphatic rings. The molecule has 6 nitrogen and oxygen atoms in total. The van der Waals surface area contributed by atoms with E-state index >= 15 is 0 Å². The first kappa shape index (κ1) is 22.7. The van der Waals surface area contributed by atoms with Crippen LogP contribution in [0.4, 0.5) is 4.79 Å². The van der Waals surface area contributed by atoms with E-state index in [1.54, 1.807) is 13.8 Å². The minimum absolute atomic E-state index is 0.259. The normalized spacial score (nSPS) is 16.0. The zero-order chi connectivity index (χ0) is 22.4. The number of allylic oxidation sites excluding steroid dienone is 1. The number of halogens is 1. The van der Waals surface area contributed by atoms with Crippen LogP contribution in [0, 0.1) is 0 Å². The van der Waals surface area contributed by atoms with Crippen LogP contribution in [0.2, 0.25) is 5.02 Å². The summed E-state index contributed by atoms with van der Waals surface area (Å²) in [6, 6.07) is 13.9. The average Bonchev–Trinajstić information content (AvgIpc) is 2.73. The Bertz CT molecular complexity index is 953. The Hall–Kier alpha value is -2.99. The molecule has 0 radical (unpaired) electrons. The second-order valence-electron chi connectivity index (χ2n) is 7.61. The van der Waals surface area contributed by atoms with E-state index in [1.807, 2.05) is 55.5 Å². The fourth-order valence-electron chi connectivity index (χ4n) is 3.34. The molecule has 2 amide bonds. The summed E-state index contributed by atoms with van der Waals surface area (Å²) in [6.07, 6.45) is 1.11. The van der Waals surface area contributed by atoms with E-state index in [-0.39, 0.29) is 12.1 Å². The summed E-state index contributed by atoms with van der Waals surface area (Å²) in [5, 5.41) is 6.30. The molecule has 1 heterocycles. The lowest BCUT2D eigenvalue weighted by molar-refractivity contribution is -0.143. The van der Waals surface area contributed by atoms with E-state index in [1.165, 1.54) is 0 Å². The number of ether oxygens (including phenoxy) is 2. The summed E-state index contributed by atoms with van der Waals surface area (Å²) < 4.78 is 11.3. The first-order valence-electron chi connectivity index (χ1n) is 10.4. The standard InChI is InChI=1S/C24H27ClN2O4/c1-4-5-20-21(23(28)31-15(2)3)22(27-24(29)26-20)17-8-12-19(13-9-17)30-14-16-6-10-18(25)11-7-16/h6-13,15,22H,4-5,14H2,1-3H3,(H2,26,27,29). The van der Waals surface area contributed by atoms with Crippen LogP contribution in [0.1, 0.15) is 50.8 Å². The summed E-state index contributed by atoms with van der Waals surface area (Å²) >= 11 is 5.91. The van der Waals surface area contributed by atoms with Crippen molar-refractivity contribution in [3.05, 3.63) is 76.0 Å². The van der Waals surface area contributed by atoms with Crippen molar-refractivity contribution in [2.24, 2.45) is 0 Å². The van der Waals surface area contributed by atoms with Crippen LogP contribution in [-0.4, -0.2) is 18.1 Å². The number of carbonyl (C=O) groups excluding carboxylic acids is 2. The SMILES string of the molecule is CCCC1=C(C(=O)OC(C)C)C(c2ccc(OCc3ccc(Cl)cc3)cc2)NC(=O)N1. The molecule has 0 saturated carbocycles. The number of carbonyl (C=O) groups is 2. The van der Waals surface area contributed by atoms with Crippen LogP contribution in [0.15, 0.2) is 59.8 Å². The van der Waals surface area contributed by atoms with Crippen molar-refractivity contribution >= 4 is 23.6 Å². The Labute approximate surface area is 187 Å². The fourth-order valence-corrected chi connectivity index (χ4v) is 3.46. The molecule has 3 rings (SSSR count). The number of hydrogen-bond acceptors (Lipinski definition) is 4. The molecule has 1 aliphatic heterocycles. The molecular weight excluding hydrogens is 416 g/mol. The topological polar surface area (TPSA) is 76.7 Å². The summed E-state index contributed by atoms with van der Waals surface area (Å²) in [5.41, 5.74) is 2.82. The molecule has 1 unspecified atom stereocenters. The quantitative estimate of drug-likeness (QED) is 0.545. The average molecular weight is 443 g/mol. The number of urea groups is 1. The van der Waals surface area contributed by atoms with Gasteiger partial charge in [-0.25, -0.2) is 9.59 Å². The molecule has 164 valence electrons. The fraction of sp³-hybridized carbons (Fsp3) is 0.333. The van der Waals surface area contributed by atoms with Gasteiger partial charge in [0.25, 0.3) is 0 Å². The Kier molecular flexibility index (Phi) is 7.58. The lowest BCUT2D eigenvalue weighted by Gasteiger charge is -2.30. The van der Waals surface area contributed by atoms with Crippen molar-refractivity contribution < 1.29 is 19.1 Å². The predicted octanol–water partition coefficient (Wildman–Crippen LogP) is 5.28. The van der Waals surface area contributed by atoms with E-state index in [0.717, 1.165) is 17.5 Å². The van der Waals surface area contributed by atoms with Gasteiger partial charge in [-0.15, -0.1) is 0 Å². The smallest absolute Gasteiger partial charge is 0.338 e. The zero-order valence-corrected chi connectivity index (χ0v) is 18.7. The molecule has 31 heavy (non-hydrogen) atoms. The summed E-state index contributed by atoms with van der Waals surface area (Å²) in [7, 11) is 0. The van der Waals surface area contributed by atoms with Gasteiger partial charge in [0.15, 0.2) is 0 Å². The molecule has 0 saturated heterocycles. The summed E-state index contributed by atoms with van der Waals surface area (Å²) in [4.78, 5) is 25.1. The highest BCUT2D eigenvalue weighted by Crippen LogP contribution is 2.31. The lowest BCUT2D eigenvalue weighted by Crippen LogP contribution is -2.46. The molecule has 2 aromatic carbocycles. The number of benzene rings is 2. The second kappa shape index (κ2) is 10.4. The maximum atomic E-state index is 12.8. The van der Waals surface area contributed by atoms with E-state index in [9.17, 15) is 9.59 Å². The molecule has 2 aromatic rings. The van der Waals surface area contributed by atoms with Gasteiger partial charge in [-0.05, 0) is 55.7 Å². The Morgan fingerprint density at radius 3 is 2.39 bits per heavy atom. The van der Waals surface area contributed by atoms with Crippen molar-refractivity contribution in [3.63, 3.8) is 0 Å². The number of rotatable bonds is 8. The third-order valence-electron chi connectivity index (χ3n) is 4.75. The van der Waals surface area contributed by atoms with Gasteiger partial charge in [0.2, 0.25) is 0 Å². The van der Waals surface area contributed by atoms with Gasteiger partial charge in [-0.3, -0.25) is 0 Å². The molecule has 0 aromatic heterocycles. The van der Waals surface area contributed by atoms with E-state index in [2.05, 4.69) is 10.6 Å². The van der Waals surface area contributed by atoms with Crippen LogP contribution in [0.25, 0.3) is 0 Å². The summed E-state index contributed by atoms with van der Waals surface area (Å²) in [5.74, 6) is 0.252. The lowest BCUT2D eigenvalue weighted by atomic mass is 9.93. The van der Waals surface area contributed by atoms with E-state index < -0.39 is 12.0 Å². The van der Waals surface area contributed by atoms with Crippen molar-refractivity contribution in [1.82, 2.24) is 10.6 Å². The molecule has 0 aliphatic carbocycles. The van der Waals surface area contributed by atoms with Crippen LogP contribution < -0.4 is 15.4 Å². The maximum Gasteiger partial charge on any atom is 0.338 e. The zero-order valence-electron chi connectivity index (χ0n) is 17.9. The van der Waals surface area contributed by atoms with E-state index in [0.29, 0.717) is 35.1 Å². The third-order valence-corrected chi connectivity index (χ3v) is 5.00. The predicted molar refractivity (Wildman–Crippen MR) is 120 cm³/mol. The number of amides is 2. The maximum absolute atomic E-state index is 12.8. The second-order valence-corrected chi connectivity index (χ2v) is 8.05. The van der Waals surface area contributed by atoms with E-state index in [4.69, 9.17) is 21.1 Å². The molecule has 0 spiro atoms. The van der Waals surface area contributed by atoms with Crippen molar-refractivity contribution in [1.29, 1.82) is 0 Å². The van der Waals surface area contributed by atoms with Gasteiger partial charge >= 0.3 is 12.0 Å². The molecule has 1 atom stereocenters. The Morgan fingerprint density at radius 1 is 1.10 bits per heavy atom. The first-order chi connectivity index (χ1) is 14.9. The van der Waals surface area contributed by atoms with Gasteiger partial charge in [-0.1, -0.05) is 49.2 Å². The Balaban J connectivity index is 1.81. The highest BCUT2D eigenvalue weighted by Gasteiger charge is 2.33. The molecule has 0 bridgehead atoms. The van der Waals surface area contributed by atoms with Gasteiger partial charge in [0.05, 0.1) is 17.7 Å². The minimum Gasteiger partial charge on any atom is -0.489 e. The molecule has 0 fully saturated rings. The number of nitrogens with one attached hydrogen (secondary N) is 2. The van der Waals surface area contributed by atoms with Gasteiger partial charge in [0.1, 0.15) is 12.4 Å². The largest absolute Gasteiger partial charge is 0.489 e. The van der Waals surface area contributed by atoms with Crippen LogP contribution in [-0.2, 0) is 16.1 Å². The highest BCUT2D eigenvalue weighted by atomic mass is 35.5. The Morgan fingerprint density at radius 2 is 1.77 bits per heavy atom. The van der Waals surface area contributed by atoms with Gasteiger partial charge < -0.3 is 20.1 Å². The molecular formula is C24H27ClN2O4. The molecule has 7 heteroatoms. The van der Waals surface area contributed by atoms with Crippen molar-refractivity contribution in [2.75, 3.05) is 0 Å². The third kappa shape index (κ3) is 6.01. The monoisotopic (exact) mass is 442 g/mol. The van der Waals surface area contributed by atoms with Crippen molar-refractivity contribution in [3.8, 4) is 5.75 Å². The first-order valence-corrected chi connectivity index (χ1v) is 10.7. The summed E-state index contributed by atoms with van der Waals surface area (Å²) in [6.45, 7) is 6.00. The number of esters is 1. The van der Waals surface area contributed by atoms with Gasteiger partial charge in [0, 0.05) is 10.7 Å². The van der Waals surface area contributed by atoms with Crippen LogP contribution in [0.3, 0.4) is 0 Å². The van der Waals surface area contributed by atoms with Crippen LogP contribution >= 0.6 is 11.6 Å². The minimum atomic E-state index is -0.591. The number of hydrogen-bond donors (Lipinski definition) is 2. The van der Waals surface area contributed by atoms with Gasteiger partial charge in [-0.2, -0.15) is 0 Å². The molecule has 2 N–H and O–H groups in total. The highest BCUT2D eigenvalue weighted by molar-refractivity contribution is 6.30. The van der Waals surface area contributed by atoms with Crippen LogP contribution in [0.5, 0.6) is 5.75 Å². The van der Waals surface area contributed by atoms with Crippen molar-refractivity contribution in [2.45, 2.75) is 52.4 Å².